The Balaban J connectivity index is 1.68. The van der Waals surface area contributed by atoms with Crippen molar-refractivity contribution >= 4 is 38.7 Å². The molecule has 0 saturated carbocycles. The Morgan fingerprint density at radius 2 is 1.97 bits per heavy atom. The summed E-state index contributed by atoms with van der Waals surface area (Å²) >= 11 is 0. The van der Waals surface area contributed by atoms with Crippen LogP contribution in [0.25, 0.3) is 11.0 Å². The number of carbonyl (C=O) groups excluding carboxylic acids is 1. The quantitative estimate of drug-likeness (QED) is 0.459. The van der Waals surface area contributed by atoms with Crippen LogP contribution in [0.1, 0.15) is 32.5 Å². The lowest BCUT2D eigenvalue weighted by Gasteiger charge is -2.29. The van der Waals surface area contributed by atoms with E-state index >= 15 is 0 Å². The summed E-state index contributed by atoms with van der Waals surface area (Å²) in [4.78, 5) is 37.3. The van der Waals surface area contributed by atoms with Gasteiger partial charge in [0.25, 0.3) is 5.91 Å². The van der Waals surface area contributed by atoms with E-state index in [1.807, 2.05) is 17.6 Å². The minimum Gasteiger partial charge on any atom is -0.464 e. The van der Waals surface area contributed by atoms with Crippen LogP contribution in [0.5, 0.6) is 0 Å². The van der Waals surface area contributed by atoms with E-state index in [0.29, 0.717) is 17.9 Å². The van der Waals surface area contributed by atoms with Gasteiger partial charge in [0.05, 0.1) is 28.3 Å². The van der Waals surface area contributed by atoms with Gasteiger partial charge >= 0.3 is 6.09 Å². The predicted molar refractivity (Wildman–Crippen MR) is 127 cm³/mol. The van der Waals surface area contributed by atoms with Gasteiger partial charge in [-0.3, -0.25) is 9.78 Å². The number of pyridine rings is 2. The molecule has 0 bridgehead atoms. The highest BCUT2D eigenvalue weighted by molar-refractivity contribution is 7.92. The molecule has 0 fully saturated rings. The lowest BCUT2D eigenvalue weighted by molar-refractivity contribution is -0.119. The number of amides is 2. The zero-order valence-electron chi connectivity index (χ0n) is 19.2. The van der Waals surface area contributed by atoms with Crippen LogP contribution in [0, 0.1) is 6.92 Å². The van der Waals surface area contributed by atoms with E-state index in [2.05, 4.69) is 15.0 Å². The highest BCUT2D eigenvalue weighted by Crippen LogP contribution is 2.26. The Bertz CT molecular complexity index is 1290. The third-order valence-corrected chi connectivity index (χ3v) is 8.37. The number of nitrogens with zero attached hydrogens (tertiary/aromatic N) is 5. The molecule has 0 aliphatic heterocycles. The number of anilines is 1. The summed E-state index contributed by atoms with van der Waals surface area (Å²) < 4.78 is 26.8. The SMILES string of the molecule is Cc1nc2cnccc2n1CCCS(=O)(=O)C(C)(C)C[C@H](N)C(=O)N(C(=O)O)c1ccccn1. The molecule has 3 aromatic heterocycles. The molecule has 0 unspecified atom stereocenters. The second kappa shape index (κ2) is 9.85. The van der Waals surface area contributed by atoms with Gasteiger partial charge in [0, 0.05) is 18.9 Å². The number of fused-ring (bicyclic) bond motifs is 1. The number of carboxylic acid groups (broad SMARTS) is 1. The molecule has 3 aromatic rings. The molecule has 0 radical (unpaired) electrons. The molecular weight excluding hydrogens is 460 g/mol. The van der Waals surface area contributed by atoms with Crippen molar-refractivity contribution in [3.05, 3.63) is 48.7 Å². The van der Waals surface area contributed by atoms with Crippen molar-refractivity contribution in [2.75, 3.05) is 10.7 Å². The topological polar surface area (TPSA) is 161 Å². The van der Waals surface area contributed by atoms with Crippen molar-refractivity contribution in [3.8, 4) is 0 Å². The van der Waals surface area contributed by atoms with Gasteiger partial charge in [-0.25, -0.2) is 23.2 Å². The third-order valence-electron chi connectivity index (χ3n) is 5.70. The van der Waals surface area contributed by atoms with Crippen molar-refractivity contribution < 1.29 is 23.1 Å². The Kier molecular flexibility index (Phi) is 7.32. The molecule has 11 nitrogen and oxygen atoms in total. The molecule has 0 aliphatic rings. The number of hydrogen-bond donors (Lipinski definition) is 2. The lowest BCUT2D eigenvalue weighted by atomic mass is 10.0. The predicted octanol–water partition coefficient (Wildman–Crippen LogP) is 2.15. The van der Waals surface area contributed by atoms with E-state index < -0.39 is 32.6 Å². The van der Waals surface area contributed by atoms with Crippen molar-refractivity contribution in [1.29, 1.82) is 0 Å². The summed E-state index contributed by atoms with van der Waals surface area (Å²) in [6.45, 7) is 5.27. The first kappa shape index (κ1) is 25.2. The number of aryl methyl sites for hydroxylation is 2. The van der Waals surface area contributed by atoms with E-state index in [9.17, 15) is 23.1 Å². The molecule has 0 aromatic carbocycles. The lowest BCUT2D eigenvalue weighted by Crippen LogP contribution is -2.51. The summed E-state index contributed by atoms with van der Waals surface area (Å²) in [5, 5.41) is 9.49. The largest absolute Gasteiger partial charge is 0.464 e. The van der Waals surface area contributed by atoms with E-state index in [1.165, 1.54) is 32.2 Å². The molecule has 1 atom stereocenters. The van der Waals surface area contributed by atoms with Crippen LogP contribution in [-0.2, 0) is 21.2 Å². The Morgan fingerprint density at radius 3 is 2.62 bits per heavy atom. The summed E-state index contributed by atoms with van der Waals surface area (Å²) in [7, 11) is -3.68. The maximum atomic E-state index is 13.1. The minimum absolute atomic E-state index is 0.103. The Hall–Kier alpha value is -3.38. The number of imide groups is 1. The summed E-state index contributed by atoms with van der Waals surface area (Å²) in [6, 6.07) is 4.95. The molecule has 0 saturated heterocycles. The fraction of sp³-hybridized carbons (Fsp3) is 0.409. The van der Waals surface area contributed by atoms with E-state index in [4.69, 9.17) is 5.73 Å². The van der Waals surface area contributed by atoms with Crippen LogP contribution < -0.4 is 10.6 Å². The average Bonchev–Trinajstić information content (AvgIpc) is 3.09. The molecule has 0 spiro atoms. The fourth-order valence-corrected chi connectivity index (χ4v) is 5.27. The number of rotatable bonds is 9. The third kappa shape index (κ3) is 5.23. The first-order valence-electron chi connectivity index (χ1n) is 10.7. The molecule has 3 heterocycles. The van der Waals surface area contributed by atoms with Crippen LogP contribution in [0.15, 0.2) is 42.9 Å². The number of sulfone groups is 1. The van der Waals surface area contributed by atoms with E-state index in [1.54, 1.807) is 18.5 Å². The normalized spacial score (nSPS) is 13.1. The molecule has 3 rings (SSSR count). The van der Waals surface area contributed by atoms with Gasteiger partial charge in [0.2, 0.25) is 0 Å². The number of nitrogens with two attached hydrogens (primary N) is 1. The molecular formula is C22H28N6O5S. The van der Waals surface area contributed by atoms with Crippen LogP contribution in [0.3, 0.4) is 0 Å². The van der Waals surface area contributed by atoms with Crippen LogP contribution in [-0.4, -0.2) is 61.6 Å². The van der Waals surface area contributed by atoms with Crippen molar-refractivity contribution in [3.63, 3.8) is 0 Å². The fourth-order valence-electron chi connectivity index (χ4n) is 3.77. The molecule has 12 heteroatoms. The van der Waals surface area contributed by atoms with E-state index in [-0.39, 0.29) is 18.0 Å². The maximum Gasteiger partial charge on any atom is 0.420 e. The minimum atomic E-state index is -3.68. The maximum absolute atomic E-state index is 13.1. The zero-order chi connectivity index (χ0) is 25.1. The molecule has 182 valence electrons. The molecule has 34 heavy (non-hydrogen) atoms. The first-order valence-corrected chi connectivity index (χ1v) is 12.3. The second-order valence-corrected chi connectivity index (χ2v) is 11.3. The summed E-state index contributed by atoms with van der Waals surface area (Å²) in [5.41, 5.74) is 7.61. The highest BCUT2D eigenvalue weighted by atomic mass is 32.2. The average molecular weight is 489 g/mol. The monoisotopic (exact) mass is 488 g/mol. The van der Waals surface area contributed by atoms with Gasteiger partial charge in [-0.2, -0.15) is 4.90 Å². The highest BCUT2D eigenvalue weighted by Gasteiger charge is 2.39. The van der Waals surface area contributed by atoms with Gasteiger partial charge < -0.3 is 15.4 Å². The molecule has 0 aliphatic carbocycles. The summed E-state index contributed by atoms with van der Waals surface area (Å²) in [5.74, 6) is -0.415. The second-order valence-electron chi connectivity index (χ2n) is 8.56. The summed E-state index contributed by atoms with van der Waals surface area (Å²) in [6.07, 6.45) is 3.20. The molecule has 3 N–H and O–H groups in total. The van der Waals surface area contributed by atoms with Gasteiger partial charge in [0.15, 0.2) is 9.84 Å². The number of hydrogen-bond acceptors (Lipinski definition) is 8. The Morgan fingerprint density at radius 1 is 1.24 bits per heavy atom. The molecule has 2 amide bonds. The van der Waals surface area contributed by atoms with Crippen molar-refractivity contribution in [2.24, 2.45) is 5.73 Å². The number of carbonyl (C=O) groups is 2. The van der Waals surface area contributed by atoms with E-state index in [0.717, 1.165) is 16.9 Å². The smallest absolute Gasteiger partial charge is 0.420 e. The Labute approximate surface area is 197 Å². The van der Waals surface area contributed by atoms with Crippen molar-refractivity contribution in [1.82, 2.24) is 19.5 Å². The van der Waals surface area contributed by atoms with Gasteiger partial charge in [-0.15, -0.1) is 0 Å². The number of imidazole rings is 1. The van der Waals surface area contributed by atoms with Crippen LogP contribution >= 0.6 is 0 Å². The van der Waals surface area contributed by atoms with Gasteiger partial charge in [-0.05, 0) is 51.8 Å². The van der Waals surface area contributed by atoms with Gasteiger partial charge in [-0.1, -0.05) is 6.07 Å². The van der Waals surface area contributed by atoms with Crippen LogP contribution in [0.2, 0.25) is 0 Å². The zero-order valence-corrected chi connectivity index (χ0v) is 20.1. The van der Waals surface area contributed by atoms with Crippen LogP contribution in [0.4, 0.5) is 10.6 Å². The standard InChI is InChI=1S/C22H28N6O5S/c1-15-26-17-14-24-10-8-18(17)27(15)11-6-12-34(32,33)22(2,3)13-16(23)20(29)28(21(30)31)19-7-4-5-9-25-19/h4-5,7-10,14,16H,6,11-13,23H2,1-3H3,(H,30,31)/t16-/m0/s1. The first-order chi connectivity index (χ1) is 15.9. The number of aromatic nitrogens is 4. The van der Waals surface area contributed by atoms with Gasteiger partial charge in [0.1, 0.15) is 17.2 Å². The van der Waals surface area contributed by atoms with Crippen molar-refractivity contribution in [2.45, 2.75) is 50.9 Å².